The second-order valence-corrected chi connectivity index (χ2v) is 8.09. The summed E-state index contributed by atoms with van der Waals surface area (Å²) in [7, 11) is -3.60. The molecule has 8 heteroatoms. The third kappa shape index (κ3) is 2.81. The molecule has 0 fully saturated rings. The van der Waals surface area contributed by atoms with Crippen LogP contribution in [0.1, 0.15) is 18.7 Å². The third-order valence-corrected chi connectivity index (χ3v) is 6.63. The second-order valence-electron chi connectivity index (χ2n) is 5.15. The van der Waals surface area contributed by atoms with Gasteiger partial charge in [-0.05, 0) is 30.5 Å². The summed E-state index contributed by atoms with van der Waals surface area (Å²) in [6, 6.07) is 7.08. The van der Waals surface area contributed by atoms with Crippen molar-refractivity contribution in [3.05, 3.63) is 41.5 Å². The summed E-state index contributed by atoms with van der Waals surface area (Å²) in [4.78, 5) is 14.1. The molecular weight excluding hydrogens is 322 g/mol. The minimum absolute atomic E-state index is 0.0532. The maximum absolute atomic E-state index is 12.3. The molecule has 1 aliphatic rings. The van der Waals surface area contributed by atoms with Crippen molar-refractivity contribution in [3.8, 4) is 0 Å². The van der Waals surface area contributed by atoms with Gasteiger partial charge in [0.1, 0.15) is 4.21 Å². The molecule has 1 N–H and O–H groups in total. The molecule has 0 radical (unpaired) electrons. The van der Waals surface area contributed by atoms with Crippen molar-refractivity contribution in [2.24, 2.45) is 0 Å². The molecule has 6 nitrogen and oxygen atoms in total. The molecule has 118 valence electrons. The van der Waals surface area contributed by atoms with Crippen LogP contribution in [-0.2, 0) is 21.4 Å². The molecule has 2 aromatic heterocycles. The zero-order valence-corrected chi connectivity index (χ0v) is 13.7. The van der Waals surface area contributed by atoms with E-state index in [1.54, 1.807) is 16.3 Å². The van der Waals surface area contributed by atoms with Crippen molar-refractivity contribution < 1.29 is 13.2 Å². The normalized spacial score (nSPS) is 18.2. The first-order valence-electron chi connectivity index (χ1n) is 6.97. The van der Waals surface area contributed by atoms with Crippen LogP contribution in [0, 0.1) is 0 Å². The zero-order valence-electron chi connectivity index (χ0n) is 12.1. The van der Waals surface area contributed by atoms with Gasteiger partial charge in [-0.2, -0.15) is 0 Å². The number of hydrogen-bond donors (Lipinski definition) is 1. The summed E-state index contributed by atoms with van der Waals surface area (Å²) < 4.78 is 28.8. The number of carbonyl (C=O) groups excluding carboxylic acids is 1. The largest absolute Gasteiger partial charge is 0.348 e. The van der Waals surface area contributed by atoms with Gasteiger partial charge in [0.15, 0.2) is 0 Å². The van der Waals surface area contributed by atoms with Crippen LogP contribution in [0.5, 0.6) is 0 Å². The first kappa shape index (κ1) is 15.3. The molecule has 22 heavy (non-hydrogen) atoms. The highest BCUT2D eigenvalue weighted by atomic mass is 32.2. The van der Waals surface area contributed by atoms with E-state index in [2.05, 4.69) is 9.29 Å². The number of nitrogens with zero attached hydrogens (tertiary/aromatic N) is 2. The van der Waals surface area contributed by atoms with Crippen molar-refractivity contribution in [2.45, 2.75) is 23.7 Å². The van der Waals surface area contributed by atoms with Crippen LogP contribution < -0.4 is 4.72 Å². The standard InChI is InChI=1S/C14H17N3O3S2/c1-11-12-4-2-6-16(12)7-8-17(11)13(18)10-15-22(19,20)14-5-3-9-21-14/h2-6,9,11,15H,7-8,10H2,1H3. The van der Waals surface area contributed by atoms with Gasteiger partial charge >= 0.3 is 0 Å². The first-order valence-corrected chi connectivity index (χ1v) is 9.33. The van der Waals surface area contributed by atoms with E-state index in [1.807, 2.05) is 25.3 Å². The van der Waals surface area contributed by atoms with E-state index in [1.165, 1.54) is 6.07 Å². The van der Waals surface area contributed by atoms with E-state index < -0.39 is 10.0 Å². The summed E-state index contributed by atoms with van der Waals surface area (Å²) in [5.41, 5.74) is 1.07. The van der Waals surface area contributed by atoms with Crippen LogP contribution in [0.3, 0.4) is 0 Å². The van der Waals surface area contributed by atoms with Gasteiger partial charge < -0.3 is 9.47 Å². The van der Waals surface area contributed by atoms with Crippen LogP contribution in [0.2, 0.25) is 0 Å². The SMILES string of the molecule is CC1c2cccn2CCN1C(=O)CNS(=O)(=O)c1cccs1. The Bertz CT molecular complexity index is 765. The molecule has 3 heterocycles. The molecule has 0 aliphatic carbocycles. The quantitative estimate of drug-likeness (QED) is 0.916. The maximum atomic E-state index is 12.3. The number of amides is 1. The molecular formula is C14H17N3O3S2. The number of aromatic nitrogens is 1. The lowest BCUT2D eigenvalue weighted by Gasteiger charge is -2.35. The van der Waals surface area contributed by atoms with Gasteiger partial charge in [0.25, 0.3) is 10.0 Å². The fraction of sp³-hybridized carbons (Fsp3) is 0.357. The number of nitrogens with one attached hydrogen (secondary N) is 1. The molecule has 0 bridgehead atoms. The predicted molar refractivity (Wildman–Crippen MR) is 84.1 cm³/mol. The first-order chi connectivity index (χ1) is 10.5. The van der Waals surface area contributed by atoms with Crippen molar-refractivity contribution in [2.75, 3.05) is 13.1 Å². The highest BCUT2D eigenvalue weighted by Crippen LogP contribution is 2.25. The highest BCUT2D eigenvalue weighted by Gasteiger charge is 2.28. The lowest BCUT2D eigenvalue weighted by atomic mass is 10.1. The van der Waals surface area contributed by atoms with Crippen molar-refractivity contribution in [1.82, 2.24) is 14.2 Å². The third-order valence-electron chi connectivity index (χ3n) is 3.84. The van der Waals surface area contributed by atoms with E-state index in [4.69, 9.17) is 0 Å². The Hall–Kier alpha value is -1.64. The smallest absolute Gasteiger partial charge is 0.250 e. The van der Waals surface area contributed by atoms with Gasteiger partial charge in [0.05, 0.1) is 12.6 Å². The summed E-state index contributed by atoms with van der Waals surface area (Å²) in [5.74, 6) is -0.208. The second kappa shape index (κ2) is 5.86. The van der Waals surface area contributed by atoms with E-state index in [-0.39, 0.29) is 22.7 Å². The number of rotatable bonds is 4. The fourth-order valence-corrected chi connectivity index (χ4v) is 4.68. The summed E-state index contributed by atoms with van der Waals surface area (Å²) >= 11 is 1.13. The van der Waals surface area contributed by atoms with Crippen LogP contribution >= 0.6 is 11.3 Å². The molecule has 1 atom stereocenters. The monoisotopic (exact) mass is 339 g/mol. The molecule has 0 aromatic carbocycles. The Balaban J connectivity index is 1.66. The molecule has 3 rings (SSSR count). The highest BCUT2D eigenvalue weighted by molar-refractivity contribution is 7.91. The number of hydrogen-bond acceptors (Lipinski definition) is 4. The van der Waals surface area contributed by atoms with E-state index in [9.17, 15) is 13.2 Å². The summed E-state index contributed by atoms with van der Waals surface area (Å²) in [5, 5.41) is 1.69. The van der Waals surface area contributed by atoms with E-state index in [0.717, 1.165) is 23.6 Å². The Labute approximate surface area is 133 Å². The lowest BCUT2D eigenvalue weighted by molar-refractivity contribution is -0.133. The van der Waals surface area contributed by atoms with Gasteiger partial charge in [-0.3, -0.25) is 4.79 Å². The maximum Gasteiger partial charge on any atom is 0.250 e. The number of fused-ring (bicyclic) bond motifs is 1. The number of thiophene rings is 1. The Morgan fingerprint density at radius 3 is 2.91 bits per heavy atom. The van der Waals surface area contributed by atoms with Crippen LogP contribution in [-0.4, -0.2) is 36.9 Å². The molecule has 0 saturated heterocycles. The summed E-state index contributed by atoms with van der Waals surface area (Å²) in [6.07, 6.45) is 1.99. The van der Waals surface area contributed by atoms with E-state index >= 15 is 0 Å². The molecule has 0 saturated carbocycles. The van der Waals surface area contributed by atoms with Crippen molar-refractivity contribution >= 4 is 27.3 Å². The Morgan fingerprint density at radius 1 is 1.36 bits per heavy atom. The van der Waals surface area contributed by atoms with Gasteiger partial charge in [-0.15, -0.1) is 11.3 Å². The zero-order chi connectivity index (χ0) is 15.7. The molecule has 1 aliphatic heterocycles. The summed E-state index contributed by atoms with van der Waals surface area (Å²) in [6.45, 7) is 3.06. The average molecular weight is 339 g/mol. The fourth-order valence-electron chi connectivity index (χ4n) is 2.67. The molecule has 1 amide bonds. The van der Waals surface area contributed by atoms with Gasteiger partial charge in [0.2, 0.25) is 5.91 Å². The van der Waals surface area contributed by atoms with Crippen LogP contribution in [0.15, 0.2) is 40.1 Å². The van der Waals surface area contributed by atoms with Gasteiger partial charge in [-0.25, -0.2) is 13.1 Å². The topological polar surface area (TPSA) is 71.4 Å². The molecule has 1 unspecified atom stereocenters. The predicted octanol–water partition coefficient (Wildman–Crippen LogP) is 1.43. The average Bonchev–Trinajstić information content (AvgIpc) is 3.16. The van der Waals surface area contributed by atoms with Gasteiger partial charge in [0, 0.05) is 25.0 Å². The number of carbonyl (C=O) groups is 1. The van der Waals surface area contributed by atoms with Crippen LogP contribution in [0.25, 0.3) is 0 Å². The Kier molecular flexibility index (Phi) is 4.07. The van der Waals surface area contributed by atoms with Crippen molar-refractivity contribution in [3.63, 3.8) is 0 Å². The van der Waals surface area contributed by atoms with E-state index in [0.29, 0.717) is 6.54 Å². The van der Waals surface area contributed by atoms with Crippen LogP contribution in [0.4, 0.5) is 0 Å². The lowest BCUT2D eigenvalue weighted by Crippen LogP contribution is -2.45. The number of sulfonamides is 1. The minimum atomic E-state index is -3.60. The van der Waals surface area contributed by atoms with Gasteiger partial charge in [-0.1, -0.05) is 6.07 Å². The molecule has 0 spiro atoms. The van der Waals surface area contributed by atoms with Crippen molar-refractivity contribution in [1.29, 1.82) is 0 Å². The minimum Gasteiger partial charge on any atom is -0.348 e. The Morgan fingerprint density at radius 2 is 2.18 bits per heavy atom. The molecule has 2 aromatic rings.